The van der Waals surface area contributed by atoms with Gasteiger partial charge in [-0.3, -0.25) is 0 Å². The zero-order chi connectivity index (χ0) is 14.8. The number of hydrogen-bond acceptors (Lipinski definition) is 3. The fourth-order valence-corrected chi connectivity index (χ4v) is 5.49. The SMILES string of the molecule is C=C(C)[C@@H]1OOC2(O[C@H]1C(C)C)C1CC3CC(C1)CC2C3. The fourth-order valence-electron chi connectivity index (χ4n) is 5.49. The summed E-state index contributed by atoms with van der Waals surface area (Å²) in [6.45, 7) is 10.5. The van der Waals surface area contributed by atoms with E-state index in [1.165, 1.54) is 32.1 Å². The lowest BCUT2D eigenvalue weighted by molar-refractivity contribution is -0.536. The van der Waals surface area contributed by atoms with Gasteiger partial charge in [-0.15, -0.1) is 0 Å². The van der Waals surface area contributed by atoms with Gasteiger partial charge in [0.05, 0.1) is 6.10 Å². The van der Waals surface area contributed by atoms with Gasteiger partial charge in [-0.05, 0) is 62.4 Å². The number of rotatable bonds is 2. The Bertz CT molecular complexity index is 414. The summed E-state index contributed by atoms with van der Waals surface area (Å²) in [5.41, 5.74) is 0.993. The van der Waals surface area contributed by atoms with Crippen molar-refractivity contribution in [2.45, 2.75) is 70.9 Å². The molecule has 0 radical (unpaired) electrons. The predicted octanol–water partition coefficient (Wildman–Crippen LogP) is 4.09. The summed E-state index contributed by atoms with van der Waals surface area (Å²) in [5.74, 6) is 2.81. The van der Waals surface area contributed by atoms with Crippen molar-refractivity contribution in [1.29, 1.82) is 0 Å². The van der Waals surface area contributed by atoms with E-state index in [1.807, 2.05) is 6.92 Å². The third-order valence-electron chi connectivity index (χ3n) is 6.32. The Morgan fingerprint density at radius 2 is 1.62 bits per heavy atom. The molecular weight excluding hydrogens is 264 g/mol. The van der Waals surface area contributed by atoms with Gasteiger partial charge >= 0.3 is 0 Å². The summed E-state index contributed by atoms with van der Waals surface area (Å²) >= 11 is 0. The van der Waals surface area contributed by atoms with Crippen molar-refractivity contribution in [1.82, 2.24) is 0 Å². The summed E-state index contributed by atoms with van der Waals surface area (Å²) in [6, 6.07) is 0. The second-order valence-electron chi connectivity index (χ2n) is 8.30. The molecule has 1 saturated heterocycles. The molecule has 1 aliphatic heterocycles. The Morgan fingerprint density at radius 3 is 2.10 bits per heavy atom. The lowest BCUT2D eigenvalue weighted by atomic mass is 9.53. The molecular formula is C18H28O3. The van der Waals surface area contributed by atoms with E-state index in [1.54, 1.807) is 0 Å². The van der Waals surface area contributed by atoms with Crippen molar-refractivity contribution in [2.75, 3.05) is 0 Å². The normalized spacial score (nSPS) is 51.8. The Balaban J connectivity index is 1.62. The molecule has 0 aromatic rings. The van der Waals surface area contributed by atoms with Crippen LogP contribution >= 0.6 is 0 Å². The van der Waals surface area contributed by atoms with Crippen molar-refractivity contribution in [3.05, 3.63) is 12.2 Å². The molecule has 4 saturated carbocycles. The van der Waals surface area contributed by atoms with Crippen LogP contribution in [0.1, 0.15) is 52.9 Å². The molecule has 0 N–H and O–H groups in total. The zero-order valence-corrected chi connectivity index (χ0v) is 13.5. The quantitative estimate of drug-likeness (QED) is 0.567. The molecule has 4 bridgehead atoms. The summed E-state index contributed by atoms with van der Waals surface area (Å²) in [7, 11) is 0. The van der Waals surface area contributed by atoms with Gasteiger partial charge in [-0.1, -0.05) is 20.4 Å². The maximum absolute atomic E-state index is 6.68. The highest BCUT2D eigenvalue weighted by atomic mass is 17.2. The molecule has 1 heterocycles. The van der Waals surface area contributed by atoms with E-state index in [9.17, 15) is 0 Å². The van der Waals surface area contributed by atoms with Crippen LogP contribution in [0.3, 0.4) is 0 Å². The molecule has 21 heavy (non-hydrogen) atoms. The molecule has 5 aliphatic rings. The summed E-state index contributed by atoms with van der Waals surface area (Å²) in [5, 5.41) is 0. The van der Waals surface area contributed by atoms with Gasteiger partial charge in [0.1, 0.15) is 6.10 Å². The third kappa shape index (κ3) is 2.04. The highest BCUT2D eigenvalue weighted by Gasteiger charge is 2.63. The molecule has 3 nitrogen and oxygen atoms in total. The van der Waals surface area contributed by atoms with E-state index >= 15 is 0 Å². The Hall–Kier alpha value is -0.380. The molecule has 3 heteroatoms. The second-order valence-corrected chi connectivity index (χ2v) is 8.30. The van der Waals surface area contributed by atoms with E-state index in [0.717, 1.165) is 17.4 Å². The summed E-state index contributed by atoms with van der Waals surface area (Å²) in [4.78, 5) is 11.9. The van der Waals surface area contributed by atoms with Crippen LogP contribution in [0.25, 0.3) is 0 Å². The smallest absolute Gasteiger partial charge is 0.207 e. The number of hydrogen-bond donors (Lipinski definition) is 0. The minimum Gasteiger partial charge on any atom is -0.340 e. The largest absolute Gasteiger partial charge is 0.340 e. The van der Waals surface area contributed by atoms with Gasteiger partial charge in [-0.2, -0.15) is 4.89 Å². The third-order valence-corrected chi connectivity index (χ3v) is 6.32. The van der Waals surface area contributed by atoms with Crippen molar-refractivity contribution in [2.24, 2.45) is 29.6 Å². The van der Waals surface area contributed by atoms with E-state index in [2.05, 4.69) is 20.4 Å². The molecule has 2 atom stereocenters. The van der Waals surface area contributed by atoms with Gasteiger partial charge in [0, 0.05) is 11.8 Å². The first-order valence-electron chi connectivity index (χ1n) is 8.67. The fraction of sp³-hybridized carbons (Fsp3) is 0.889. The van der Waals surface area contributed by atoms with Crippen LogP contribution < -0.4 is 0 Å². The first kappa shape index (κ1) is 14.2. The van der Waals surface area contributed by atoms with Gasteiger partial charge in [0.2, 0.25) is 5.79 Å². The second kappa shape index (κ2) is 4.81. The lowest BCUT2D eigenvalue weighted by Gasteiger charge is -2.61. The molecule has 118 valence electrons. The van der Waals surface area contributed by atoms with Gasteiger partial charge < -0.3 is 4.74 Å². The van der Waals surface area contributed by atoms with Crippen LogP contribution in [0.4, 0.5) is 0 Å². The van der Waals surface area contributed by atoms with Crippen LogP contribution in [0.15, 0.2) is 12.2 Å². The Kier molecular flexibility index (Phi) is 3.26. The van der Waals surface area contributed by atoms with Crippen molar-refractivity contribution in [3.63, 3.8) is 0 Å². The van der Waals surface area contributed by atoms with Crippen LogP contribution in [-0.4, -0.2) is 18.0 Å². The van der Waals surface area contributed by atoms with Crippen molar-refractivity contribution in [3.8, 4) is 0 Å². The molecule has 0 amide bonds. The monoisotopic (exact) mass is 292 g/mol. The number of ether oxygens (including phenoxy) is 1. The van der Waals surface area contributed by atoms with E-state index in [4.69, 9.17) is 14.5 Å². The standard InChI is InChI=1S/C18H28O3/c1-10(2)16-17(11(3)4)20-21-18(19-16)14-6-12-5-13(8-14)9-15(18)7-12/h10,12-17H,3,5-9H2,1-2,4H3/t12?,13?,14?,15?,16-,17-,18?/m0/s1. The molecule has 5 fully saturated rings. The minimum absolute atomic E-state index is 0.0637. The van der Waals surface area contributed by atoms with Gasteiger partial charge in [-0.25, -0.2) is 4.89 Å². The van der Waals surface area contributed by atoms with Crippen LogP contribution in [-0.2, 0) is 14.5 Å². The zero-order valence-electron chi connectivity index (χ0n) is 13.5. The van der Waals surface area contributed by atoms with Crippen LogP contribution in [0, 0.1) is 29.6 Å². The molecule has 5 rings (SSSR count). The Morgan fingerprint density at radius 1 is 1.05 bits per heavy atom. The first-order valence-corrected chi connectivity index (χ1v) is 8.67. The Labute approximate surface area is 128 Å². The highest BCUT2D eigenvalue weighted by Crippen LogP contribution is 2.61. The van der Waals surface area contributed by atoms with E-state index < -0.39 is 5.79 Å². The molecule has 4 aliphatic carbocycles. The molecule has 0 unspecified atom stereocenters. The highest BCUT2D eigenvalue weighted by molar-refractivity contribution is 5.08. The molecule has 0 aromatic heterocycles. The maximum atomic E-state index is 6.68. The van der Waals surface area contributed by atoms with E-state index in [0.29, 0.717) is 17.8 Å². The molecule has 0 aromatic carbocycles. The van der Waals surface area contributed by atoms with Gasteiger partial charge in [0.15, 0.2) is 0 Å². The maximum Gasteiger partial charge on any atom is 0.207 e. The van der Waals surface area contributed by atoms with Crippen molar-refractivity contribution >= 4 is 0 Å². The summed E-state index contributed by atoms with van der Waals surface area (Å²) < 4.78 is 6.68. The minimum atomic E-state index is -0.464. The topological polar surface area (TPSA) is 27.7 Å². The molecule has 1 spiro atoms. The predicted molar refractivity (Wildman–Crippen MR) is 80.3 cm³/mol. The summed E-state index contributed by atoms with van der Waals surface area (Å²) in [6.07, 6.45) is 6.42. The van der Waals surface area contributed by atoms with Gasteiger partial charge in [0.25, 0.3) is 0 Å². The van der Waals surface area contributed by atoms with E-state index in [-0.39, 0.29) is 12.2 Å². The average Bonchev–Trinajstić information content (AvgIpc) is 2.43. The van der Waals surface area contributed by atoms with Crippen LogP contribution in [0.5, 0.6) is 0 Å². The van der Waals surface area contributed by atoms with Crippen LogP contribution in [0.2, 0.25) is 0 Å². The average molecular weight is 292 g/mol. The van der Waals surface area contributed by atoms with Crippen molar-refractivity contribution < 1.29 is 14.5 Å². The first-order chi connectivity index (χ1) is 9.99. The lowest BCUT2D eigenvalue weighted by Crippen LogP contribution is -2.65.